The Kier molecular flexibility index (Phi) is 21.6. The smallest absolute Gasteiger partial charge is 0 e. The van der Waals surface area contributed by atoms with Crippen LogP contribution in [0, 0.1) is 0 Å². The van der Waals surface area contributed by atoms with Gasteiger partial charge in [-0.05, 0) is 0 Å². The summed E-state index contributed by atoms with van der Waals surface area (Å²) >= 11 is 0. The van der Waals surface area contributed by atoms with E-state index in [0.29, 0.717) is 0 Å². The fourth-order valence-electron chi connectivity index (χ4n) is 0. The maximum Gasteiger partial charge on any atom is 0 e. The second kappa shape index (κ2) is 11.8. The number of rotatable bonds is 0. The molecule has 9 heavy (non-hydrogen) atoms. The third-order valence-corrected chi connectivity index (χ3v) is 0. The first-order chi connectivity index (χ1) is 3.46. The third-order valence-electron chi connectivity index (χ3n) is 0. The van der Waals surface area contributed by atoms with Gasteiger partial charge >= 0.3 is 0 Å². The zero-order chi connectivity index (χ0) is 7.15. The largest absolute Gasteiger partial charge is 0.852 e. The van der Waals surface area contributed by atoms with Gasteiger partial charge in [-0.2, -0.15) is 0 Å². The first-order valence-corrected chi connectivity index (χ1v) is 2.78. The standard InChI is InChI=1S/2C3H7O.Y/c2*1-3(2)4;/h2*3H,1-2H3;/q2*-1;. The molecule has 0 aliphatic carbocycles. The van der Waals surface area contributed by atoms with Crippen LogP contribution in [-0.2, 0) is 32.7 Å². The molecule has 55 valence electrons. The van der Waals surface area contributed by atoms with Crippen molar-refractivity contribution in [3.63, 3.8) is 0 Å². The van der Waals surface area contributed by atoms with E-state index in [1.165, 1.54) is 0 Å². The first-order valence-electron chi connectivity index (χ1n) is 2.78. The van der Waals surface area contributed by atoms with Gasteiger partial charge in [0.2, 0.25) is 0 Å². The van der Waals surface area contributed by atoms with Gasteiger partial charge in [0.05, 0.1) is 0 Å². The monoisotopic (exact) mass is 207 g/mol. The normalized spacial score (nSPS) is 8.00. The number of hydrogen-bond donors (Lipinski definition) is 0. The summed E-state index contributed by atoms with van der Waals surface area (Å²) in [6.45, 7) is 6.44. The summed E-state index contributed by atoms with van der Waals surface area (Å²) in [5.74, 6) is 0. The van der Waals surface area contributed by atoms with Crippen molar-refractivity contribution < 1.29 is 42.9 Å². The van der Waals surface area contributed by atoms with Crippen molar-refractivity contribution in [2.75, 3.05) is 0 Å². The summed E-state index contributed by atoms with van der Waals surface area (Å²) in [5.41, 5.74) is 0. The Hall–Kier alpha value is 1.02. The van der Waals surface area contributed by atoms with Crippen molar-refractivity contribution in [1.82, 2.24) is 0 Å². The molecule has 0 rings (SSSR count). The van der Waals surface area contributed by atoms with Gasteiger partial charge in [-0.15, -0.1) is 12.2 Å². The molecule has 0 fully saturated rings. The predicted octanol–water partition coefficient (Wildman–Crippen LogP) is -0.492. The molecule has 0 aliphatic heterocycles. The Bertz CT molecular complexity index is 26.5. The van der Waals surface area contributed by atoms with E-state index in [0.717, 1.165) is 0 Å². The number of hydrogen-bond acceptors (Lipinski definition) is 2. The van der Waals surface area contributed by atoms with Crippen LogP contribution in [-0.4, -0.2) is 12.2 Å². The van der Waals surface area contributed by atoms with Crippen molar-refractivity contribution in [3.05, 3.63) is 0 Å². The van der Waals surface area contributed by atoms with Crippen LogP contribution in [0.3, 0.4) is 0 Å². The van der Waals surface area contributed by atoms with Crippen LogP contribution in [0.2, 0.25) is 0 Å². The molecule has 0 spiro atoms. The van der Waals surface area contributed by atoms with Gasteiger partial charge in [-0.1, -0.05) is 27.7 Å². The molecule has 0 saturated carbocycles. The van der Waals surface area contributed by atoms with Gasteiger partial charge in [0.25, 0.3) is 0 Å². The molecule has 0 atom stereocenters. The molecule has 0 amide bonds. The molecule has 0 aromatic heterocycles. The van der Waals surface area contributed by atoms with Crippen LogP contribution in [0.25, 0.3) is 0 Å². The van der Waals surface area contributed by atoms with E-state index in [1.54, 1.807) is 27.7 Å². The Morgan fingerprint density at radius 1 is 0.778 bits per heavy atom. The minimum absolute atomic E-state index is 0. The van der Waals surface area contributed by atoms with E-state index >= 15 is 0 Å². The molecule has 2 nitrogen and oxygen atoms in total. The summed E-state index contributed by atoms with van der Waals surface area (Å²) in [6.07, 6.45) is -0.833. The van der Waals surface area contributed by atoms with Crippen molar-refractivity contribution in [3.8, 4) is 0 Å². The van der Waals surface area contributed by atoms with Crippen molar-refractivity contribution >= 4 is 0 Å². The average Bonchev–Trinajstić information content (AvgIpc) is 1.25. The van der Waals surface area contributed by atoms with Crippen LogP contribution in [0.15, 0.2) is 0 Å². The van der Waals surface area contributed by atoms with E-state index in [1.807, 2.05) is 0 Å². The molecule has 0 bridgehead atoms. The van der Waals surface area contributed by atoms with Gasteiger partial charge < -0.3 is 10.2 Å². The van der Waals surface area contributed by atoms with Crippen LogP contribution < -0.4 is 10.2 Å². The van der Waals surface area contributed by atoms with Crippen molar-refractivity contribution in [2.45, 2.75) is 39.9 Å². The second-order valence-electron chi connectivity index (χ2n) is 2.10. The second-order valence-corrected chi connectivity index (χ2v) is 2.10. The molecule has 0 aromatic carbocycles. The maximum absolute atomic E-state index is 9.53. The Labute approximate surface area is 82.5 Å². The Balaban J connectivity index is -0.0000000720. The molecule has 3 heteroatoms. The quantitative estimate of drug-likeness (QED) is 0.538. The summed E-state index contributed by atoms with van der Waals surface area (Å²) in [7, 11) is 0. The van der Waals surface area contributed by atoms with Gasteiger partial charge in [-0.25, -0.2) is 0 Å². The molecule has 0 saturated heterocycles. The average molecular weight is 207 g/mol. The fourth-order valence-corrected chi connectivity index (χ4v) is 0. The van der Waals surface area contributed by atoms with E-state index in [-0.39, 0.29) is 32.7 Å². The summed E-state index contributed by atoms with van der Waals surface area (Å²) < 4.78 is 0. The van der Waals surface area contributed by atoms with Crippen molar-refractivity contribution in [1.29, 1.82) is 0 Å². The minimum atomic E-state index is -0.417. The van der Waals surface area contributed by atoms with Crippen LogP contribution in [0.5, 0.6) is 0 Å². The summed E-state index contributed by atoms with van der Waals surface area (Å²) in [4.78, 5) is 0. The van der Waals surface area contributed by atoms with Crippen molar-refractivity contribution in [2.24, 2.45) is 0 Å². The summed E-state index contributed by atoms with van der Waals surface area (Å²) in [5, 5.41) is 19.1. The third kappa shape index (κ3) is 425. The fraction of sp³-hybridized carbons (Fsp3) is 1.00. The van der Waals surface area contributed by atoms with E-state index in [9.17, 15) is 10.2 Å². The predicted molar refractivity (Wildman–Crippen MR) is 30.3 cm³/mol. The molecular formula is C6H14O2Y-2. The van der Waals surface area contributed by atoms with E-state index < -0.39 is 12.2 Å². The van der Waals surface area contributed by atoms with Gasteiger partial charge in [0.15, 0.2) is 0 Å². The Morgan fingerprint density at radius 2 is 0.778 bits per heavy atom. The van der Waals surface area contributed by atoms with Gasteiger partial charge in [-0.3, -0.25) is 0 Å². The molecule has 1 radical (unpaired) electrons. The maximum atomic E-state index is 9.53. The SMILES string of the molecule is CC(C)[O-].CC(C)[O-].[Y]. The van der Waals surface area contributed by atoms with Gasteiger partial charge in [0, 0.05) is 32.7 Å². The molecule has 0 heterocycles. The molecule has 0 aromatic rings. The Morgan fingerprint density at radius 3 is 0.778 bits per heavy atom. The molecular weight excluding hydrogens is 193 g/mol. The minimum Gasteiger partial charge on any atom is -0.852 e. The van der Waals surface area contributed by atoms with E-state index in [4.69, 9.17) is 0 Å². The van der Waals surface area contributed by atoms with E-state index in [2.05, 4.69) is 0 Å². The summed E-state index contributed by atoms with van der Waals surface area (Å²) in [6, 6.07) is 0. The molecule has 0 N–H and O–H groups in total. The molecule has 0 aliphatic rings. The topological polar surface area (TPSA) is 46.1 Å². The van der Waals surface area contributed by atoms with Gasteiger partial charge in [0.1, 0.15) is 0 Å². The first kappa shape index (κ1) is 16.5. The van der Waals surface area contributed by atoms with Crippen LogP contribution in [0.4, 0.5) is 0 Å². The zero-order valence-corrected chi connectivity index (χ0v) is 9.39. The zero-order valence-electron chi connectivity index (χ0n) is 6.55. The molecule has 0 unspecified atom stereocenters. The van der Waals surface area contributed by atoms with Crippen LogP contribution >= 0.6 is 0 Å². The van der Waals surface area contributed by atoms with Crippen LogP contribution in [0.1, 0.15) is 27.7 Å².